The Bertz CT molecular complexity index is 219. The van der Waals surface area contributed by atoms with Crippen LogP contribution >= 0.6 is 11.6 Å². The number of pyridine rings is 1. The third-order valence-electron chi connectivity index (χ3n) is 1.03. The van der Waals surface area contributed by atoms with E-state index in [0.717, 1.165) is 4.73 Å². The van der Waals surface area contributed by atoms with Gasteiger partial charge in [-0.3, -0.25) is 5.21 Å². The second-order valence-corrected chi connectivity index (χ2v) is 2.21. The molecule has 0 aliphatic heterocycles. The highest BCUT2D eigenvalue weighted by Gasteiger charge is 2.03. The van der Waals surface area contributed by atoms with Gasteiger partial charge in [0, 0.05) is 10.8 Å². The van der Waals surface area contributed by atoms with Crippen molar-refractivity contribution in [2.45, 2.75) is 0 Å². The summed E-state index contributed by atoms with van der Waals surface area (Å²) in [6.07, 6.45) is 2.77. The van der Waals surface area contributed by atoms with E-state index in [9.17, 15) is 0 Å². The van der Waals surface area contributed by atoms with Crippen molar-refractivity contribution >= 4 is 11.6 Å². The molecule has 0 aliphatic rings. The van der Waals surface area contributed by atoms with Gasteiger partial charge in [-0.25, -0.2) is 0 Å². The maximum atomic E-state index is 8.88. The maximum absolute atomic E-state index is 8.88. The van der Waals surface area contributed by atoms with Crippen LogP contribution in [0.1, 0.15) is 0 Å². The van der Waals surface area contributed by atoms with Crippen LogP contribution in [-0.4, -0.2) is 12.3 Å². The maximum Gasteiger partial charge on any atom is 0.263 e. The number of hydrogen-bond donors (Lipinski definition) is 1. The zero-order chi connectivity index (χ0) is 7.56. The molecule has 0 bridgehead atoms. The van der Waals surface area contributed by atoms with Crippen molar-refractivity contribution in [2.75, 3.05) is 7.11 Å². The minimum absolute atomic E-state index is 0.432. The Morgan fingerprint density at radius 1 is 1.60 bits per heavy atom. The lowest BCUT2D eigenvalue weighted by Gasteiger charge is -1.94. The first-order valence-electron chi connectivity index (χ1n) is 2.67. The van der Waals surface area contributed by atoms with Crippen LogP contribution in [0.4, 0.5) is 0 Å². The topological polar surface area (TPSA) is 33.3 Å². The van der Waals surface area contributed by atoms with Gasteiger partial charge in [-0.2, -0.15) is 0 Å². The van der Waals surface area contributed by atoms with Gasteiger partial charge in [-0.05, 0) is 0 Å². The molecule has 0 fully saturated rings. The third kappa shape index (κ3) is 1.51. The molecule has 1 heterocycles. The Morgan fingerprint density at radius 2 is 2.30 bits per heavy atom. The summed E-state index contributed by atoms with van der Waals surface area (Å²) in [6.45, 7) is 0. The minimum atomic E-state index is 0.432. The number of ether oxygens (including phenoxy) is 1. The van der Waals surface area contributed by atoms with Gasteiger partial charge in [0.05, 0.1) is 7.11 Å². The number of methoxy groups -OCH3 is 1. The molecule has 1 aromatic heterocycles. The van der Waals surface area contributed by atoms with Crippen LogP contribution in [0.3, 0.4) is 0 Å². The lowest BCUT2D eigenvalue weighted by atomic mass is 10.5. The van der Waals surface area contributed by atoms with Gasteiger partial charge in [0.15, 0.2) is 5.75 Å². The van der Waals surface area contributed by atoms with Crippen LogP contribution in [0.25, 0.3) is 0 Å². The van der Waals surface area contributed by atoms with E-state index in [-0.39, 0.29) is 0 Å². The van der Waals surface area contributed by atoms with E-state index >= 15 is 0 Å². The molecule has 4 heteroatoms. The van der Waals surface area contributed by atoms with Crippen LogP contribution in [-0.2, 0) is 0 Å². The number of hydrogen-bond acceptors (Lipinski definition) is 2. The quantitative estimate of drug-likeness (QED) is 0.489. The summed E-state index contributed by atoms with van der Waals surface area (Å²) < 4.78 is 5.66. The van der Waals surface area contributed by atoms with Crippen LogP contribution < -0.4 is 9.47 Å². The Balaban J connectivity index is 3.06. The molecule has 0 aromatic carbocycles. The molecule has 1 N–H and O–H groups in total. The highest BCUT2D eigenvalue weighted by molar-refractivity contribution is 6.30. The summed E-state index contributed by atoms with van der Waals surface area (Å²) >= 11 is 5.57. The van der Waals surface area contributed by atoms with Crippen molar-refractivity contribution in [3.8, 4) is 5.75 Å². The highest BCUT2D eigenvalue weighted by atomic mass is 35.5. The molecule has 3 nitrogen and oxygen atoms in total. The van der Waals surface area contributed by atoms with Gasteiger partial charge in [0.25, 0.3) is 6.20 Å². The number of aromatic nitrogens is 1. The van der Waals surface area contributed by atoms with Gasteiger partial charge in [0.1, 0.15) is 5.02 Å². The molecule has 10 heavy (non-hydrogen) atoms. The second kappa shape index (κ2) is 2.75. The smallest absolute Gasteiger partial charge is 0.263 e. The molecule has 0 spiro atoms. The summed E-state index contributed by atoms with van der Waals surface area (Å²) in [6, 6.07) is 1.61. The van der Waals surface area contributed by atoms with E-state index in [1.54, 1.807) is 6.07 Å². The fourth-order valence-corrected chi connectivity index (χ4v) is 0.824. The van der Waals surface area contributed by atoms with Crippen molar-refractivity contribution in [1.82, 2.24) is 0 Å². The predicted molar refractivity (Wildman–Crippen MR) is 35.4 cm³/mol. The monoisotopic (exact) mass is 160 g/mol. The van der Waals surface area contributed by atoms with Crippen molar-refractivity contribution in [3.05, 3.63) is 23.5 Å². The Morgan fingerprint density at radius 3 is 2.80 bits per heavy atom. The molecule has 0 saturated carbocycles. The molecule has 0 amide bonds. The van der Waals surface area contributed by atoms with Gasteiger partial charge >= 0.3 is 0 Å². The molecule has 0 radical (unpaired) electrons. The van der Waals surface area contributed by atoms with Crippen molar-refractivity contribution in [1.29, 1.82) is 0 Å². The van der Waals surface area contributed by atoms with E-state index in [0.29, 0.717) is 10.8 Å². The van der Waals surface area contributed by atoms with E-state index in [2.05, 4.69) is 0 Å². The predicted octanol–water partition coefficient (Wildman–Crippen LogP) is 0.873. The molecule has 0 atom stereocenters. The molecule has 1 aromatic rings. The molecular formula is C6H7ClNO2+. The third-order valence-corrected chi connectivity index (χ3v) is 1.24. The summed E-state index contributed by atoms with van der Waals surface area (Å²) in [5, 5.41) is 9.31. The van der Waals surface area contributed by atoms with Gasteiger partial charge in [0.2, 0.25) is 6.20 Å². The zero-order valence-electron chi connectivity index (χ0n) is 5.41. The first-order valence-corrected chi connectivity index (χ1v) is 3.05. The average Bonchev–Trinajstić information content (AvgIpc) is 1.85. The summed E-state index contributed by atoms with van der Waals surface area (Å²) in [5.41, 5.74) is 0. The van der Waals surface area contributed by atoms with Crippen LogP contribution in [0.15, 0.2) is 18.5 Å². The lowest BCUT2D eigenvalue weighted by Crippen LogP contribution is -2.28. The van der Waals surface area contributed by atoms with Crippen LogP contribution in [0, 0.1) is 0 Å². The molecule has 0 unspecified atom stereocenters. The highest BCUT2D eigenvalue weighted by Crippen LogP contribution is 2.12. The molecule has 54 valence electrons. The van der Waals surface area contributed by atoms with Gasteiger partial charge in [-0.15, -0.1) is 0 Å². The molecule has 0 saturated heterocycles. The first-order chi connectivity index (χ1) is 4.72. The van der Waals surface area contributed by atoms with Gasteiger partial charge in [-0.1, -0.05) is 11.6 Å². The summed E-state index contributed by atoms with van der Waals surface area (Å²) in [7, 11) is 1.51. The Hall–Kier alpha value is -0.960. The van der Waals surface area contributed by atoms with Crippen LogP contribution in [0.2, 0.25) is 5.02 Å². The van der Waals surface area contributed by atoms with Crippen LogP contribution in [0.5, 0.6) is 5.75 Å². The standard InChI is InChI=1S/C6H7ClNO2/c1-10-6-2-5(7)3-8(9)4-6/h2-4,9H,1H3/q+1. The largest absolute Gasteiger partial charge is 0.491 e. The van der Waals surface area contributed by atoms with Crippen molar-refractivity contribution < 1.29 is 14.7 Å². The first kappa shape index (κ1) is 7.15. The summed E-state index contributed by atoms with van der Waals surface area (Å²) in [5.74, 6) is 0.523. The van der Waals surface area contributed by atoms with Crippen molar-refractivity contribution in [3.63, 3.8) is 0 Å². The Labute approximate surface area is 63.4 Å². The normalized spacial score (nSPS) is 9.40. The molecular weight excluding hydrogens is 154 g/mol. The second-order valence-electron chi connectivity index (χ2n) is 1.77. The van der Waals surface area contributed by atoms with Gasteiger partial charge < -0.3 is 4.74 Å². The van der Waals surface area contributed by atoms with Crippen molar-refractivity contribution in [2.24, 2.45) is 0 Å². The van der Waals surface area contributed by atoms with E-state index in [1.165, 1.54) is 19.5 Å². The van der Waals surface area contributed by atoms with E-state index < -0.39 is 0 Å². The molecule has 1 rings (SSSR count). The zero-order valence-corrected chi connectivity index (χ0v) is 6.17. The number of nitrogens with zero attached hydrogens (tertiary/aromatic N) is 1. The fourth-order valence-electron chi connectivity index (χ4n) is 0.616. The molecule has 0 aliphatic carbocycles. The average molecular weight is 161 g/mol. The SMILES string of the molecule is COc1cc(Cl)c[n+](O)c1. The summed E-state index contributed by atoms with van der Waals surface area (Å²) in [4.78, 5) is 0. The van der Waals surface area contributed by atoms with E-state index in [1.807, 2.05) is 0 Å². The minimum Gasteiger partial charge on any atom is -0.491 e. The number of rotatable bonds is 1. The van der Waals surface area contributed by atoms with E-state index in [4.69, 9.17) is 21.5 Å². The lowest BCUT2D eigenvalue weighted by molar-refractivity contribution is -0.904. The fraction of sp³-hybridized carbons (Fsp3) is 0.167. The Kier molecular flexibility index (Phi) is 1.97. The number of halogens is 1.